The van der Waals surface area contributed by atoms with Crippen molar-refractivity contribution in [3.63, 3.8) is 0 Å². The predicted molar refractivity (Wildman–Crippen MR) is 131 cm³/mol. The first-order chi connectivity index (χ1) is 17.6. The lowest BCUT2D eigenvalue weighted by Gasteiger charge is -2.41. The molecule has 9 nitrogen and oxygen atoms in total. The van der Waals surface area contributed by atoms with Crippen molar-refractivity contribution in [3.8, 4) is 11.3 Å². The maximum atomic E-state index is 14.7. The number of aromatic amines is 1. The van der Waals surface area contributed by atoms with Gasteiger partial charge in [0, 0.05) is 24.2 Å². The standard InChI is InChI=1S/C24H28F4N8O/c25-15-8-13(9-17-20(15)21(29)35-34-17)16-10-19(33-23(30)32-16)36-11-12(6-7-18(36)24(26,27)28)22(37)31-14-4-2-1-3-5-14/h8-10,12,14,18H,1-7,11H2,(H,31,37)(H3,29,34,35)(H2,30,32,33). The summed E-state index contributed by atoms with van der Waals surface area (Å²) in [6, 6.07) is 2.23. The third-order valence-electron chi connectivity index (χ3n) is 7.25. The Balaban J connectivity index is 1.46. The summed E-state index contributed by atoms with van der Waals surface area (Å²) in [5.74, 6) is -1.91. The van der Waals surface area contributed by atoms with Crippen LogP contribution in [-0.2, 0) is 4.79 Å². The fraction of sp³-hybridized carbons (Fsp3) is 0.500. The van der Waals surface area contributed by atoms with Crippen molar-refractivity contribution in [1.82, 2.24) is 25.5 Å². The molecule has 2 aromatic heterocycles. The first-order valence-electron chi connectivity index (χ1n) is 12.3. The molecule has 1 aliphatic carbocycles. The van der Waals surface area contributed by atoms with Crippen LogP contribution in [0.5, 0.6) is 0 Å². The van der Waals surface area contributed by atoms with Gasteiger partial charge in [-0.15, -0.1) is 0 Å². The molecule has 1 aliphatic heterocycles. The summed E-state index contributed by atoms with van der Waals surface area (Å²) < 4.78 is 56.8. The molecule has 1 saturated heterocycles. The maximum absolute atomic E-state index is 14.7. The molecule has 6 N–H and O–H groups in total. The summed E-state index contributed by atoms with van der Waals surface area (Å²) >= 11 is 0. The number of fused-ring (bicyclic) bond motifs is 1. The molecule has 2 atom stereocenters. The summed E-state index contributed by atoms with van der Waals surface area (Å²) in [5, 5.41) is 9.53. The lowest BCUT2D eigenvalue weighted by atomic mass is 9.90. The average molecular weight is 521 g/mol. The van der Waals surface area contributed by atoms with Gasteiger partial charge in [-0.2, -0.15) is 23.3 Å². The third kappa shape index (κ3) is 5.12. The number of hydrogen-bond donors (Lipinski definition) is 4. The minimum Gasteiger partial charge on any atom is -0.382 e. The molecular formula is C24H28F4N8O. The van der Waals surface area contributed by atoms with Crippen molar-refractivity contribution < 1.29 is 22.4 Å². The van der Waals surface area contributed by atoms with Crippen LogP contribution < -0.4 is 21.7 Å². The van der Waals surface area contributed by atoms with Gasteiger partial charge in [0.05, 0.1) is 22.5 Å². The van der Waals surface area contributed by atoms with Crippen molar-refractivity contribution in [2.24, 2.45) is 5.92 Å². The van der Waals surface area contributed by atoms with Crippen molar-refractivity contribution in [2.45, 2.75) is 63.2 Å². The highest BCUT2D eigenvalue weighted by atomic mass is 19.4. The van der Waals surface area contributed by atoms with Gasteiger partial charge in [0.15, 0.2) is 5.82 Å². The number of piperidine rings is 1. The maximum Gasteiger partial charge on any atom is 0.408 e. The van der Waals surface area contributed by atoms with Crippen LogP contribution in [-0.4, -0.2) is 50.9 Å². The number of H-pyrrole nitrogens is 1. The molecular weight excluding hydrogens is 492 g/mol. The van der Waals surface area contributed by atoms with E-state index in [0.717, 1.165) is 43.1 Å². The van der Waals surface area contributed by atoms with E-state index in [-0.39, 0.29) is 65.6 Å². The third-order valence-corrected chi connectivity index (χ3v) is 7.25. The van der Waals surface area contributed by atoms with Gasteiger partial charge in [-0.1, -0.05) is 19.3 Å². The summed E-state index contributed by atoms with van der Waals surface area (Å²) in [5.41, 5.74) is 12.3. The van der Waals surface area contributed by atoms with Crippen LogP contribution in [0.2, 0.25) is 0 Å². The van der Waals surface area contributed by atoms with Gasteiger partial charge in [0.25, 0.3) is 0 Å². The van der Waals surface area contributed by atoms with Crippen LogP contribution in [0.1, 0.15) is 44.9 Å². The normalized spacial score (nSPS) is 21.4. The van der Waals surface area contributed by atoms with E-state index in [1.807, 2.05) is 0 Å². The molecule has 3 heterocycles. The number of benzene rings is 1. The second-order valence-electron chi connectivity index (χ2n) is 9.79. The van der Waals surface area contributed by atoms with Crippen molar-refractivity contribution in [2.75, 3.05) is 22.9 Å². The number of nitrogens with zero attached hydrogens (tertiary/aromatic N) is 4. The Hall–Kier alpha value is -3.64. The SMILES string of the molecule is Nc1nc(-c2cc(F)c3c(N)n[nH]c3c2)cc(N2CC(C(=O)NC3CCCCC3)CCC2C(F)(F)F)n1. The van der Waals surface area contributed by atoms with E-state index in [1.165, 1.54) is 12.1 Å². The Bertz CT molecular complexity index is 1300. The number of alkyl halides is 3. The molecule has 0 spiro atoms. The Morgan fingerprint density at radius 2 is 1.81 bits per heavy atom. The van der Waals surface area contributed by atoms with Crippen molar-refractivity contribution >= 4 is 34.4 Å². The summed E-state index contributed by atoms with van der Waals surface area (Å²) in [4.78, 5) is 22.2. The van der Waals surface area contributed by atoms with Gasteiger partial charge in [-0.3, -0.25) is 9.89 Å². The fourth-order valence-corrected chi connectivity index (χ4v) is 5.37. The zero-order valence-electron chi connectivity index (χ0n) is 20.0. The van der Waals surface area contributed by atoms with Gasteiger partial charge in [0.1, 0.15) is 17.7 Å². The van der Waals surface area contributed by atoms with E-state index in [9.17, 15) is 22.4 Å². The van der Waals surface area contributed by atoms with Crippen LogP contribution in [0.4, 0.5) is 35.1 Å². The first-order valence-corrected chi connectivity index (χ1v) is 12.3. The molecule has 198 valence electrons. The van der Waals surface area contributed by atoms with Gasteiger partial charge in [0.2, 0.25) is 11.9 Å². The molecule has 13 heteroatoms. The minimum absolute atomic E-state index is 0.0131. The zero-order valence-corrected chi connectivity index (χ0v) is 20.0. The van der Waals surface area contributed by atoms with Crippen molar-refractivity contribution in [3.05, 3.63) is 24.0 Å². The highest BCUT2D eigenvalue weighted by Gasteiger charge is 2.48. The molecule has 2 aliphatic rings. The number of rotatable bonds is 4. The Kier molecular flexibility index (Phi) is 6.54. The number of nitrogen functional groups attached to an aromatic ring is 2. The number of hydrogen-bond acceptors (Lipinski definition) is 7. The molecule has 5 rings (SSSR count). The molecule has 37 heavy (non-hydrogen) atoms. The van der Waals surface area contributed by atoms with E-state index in [0.29, 0.717) is 5.52 Å². The number of carbonyl (C=O) groups excluding carboxylic acids is 1. The minimum atomic E-state index is -4.55. The summed E-state index contributed by atoms with van der Waals surface area (Å²) in [6.07, 6.45) is 0.220. The summed E-state index contributed by atoms with van der Waals surface area (Å²) in [6.45, 7) is -0.177. The van der Waals surface area contributed by atoms with Gasteiger partial charge in [-0.25, -0.2) is 9.37 Å². The zero-order chi connectivity index (χ0) is 26.3. The van der Waals surface area contributed by atoms with E-state index >= 15 is 0 Å². The van der Waals surface area contributed by atoms with Crippen LogP contribution in [0.3, 0.4) is 0 Å². The molecule has 1 amide bonds. The predicted octanol–water partition coefficient (Wildman–Crippen LogP) is 3.92. The first kappa shape index (κ1) is 25.0. The molecule has 2 unspecified atom stereocenters. The Morgan fingerprint density at radius 3 is 2.54 bits per heavy atom. The van der Waals surface area contributed by atoms with Gasteiger partial charge >= 0.3 is 6.18 Å². The molecule has 0 bridgehead atoms. The van der Waals surface area contributed by atoms with Crippen LogP contribution in [0.15, 0.2) is 18.2 Å². The highest BCUT2D eigenvalue weighted by molar-refractivity contribution is 5.92. The van der Waals surface area contributed by atoms with E-state index < -0.39 is 24.0 Å². The number of nitrogens with two attached hydrogens (primary N) is 2. The number of halogens is 4. The average Bonchev–Trinajstić information content (AvgIpc) is 3.24. The van der Waals surface area contributed by atoms with E-state index in [1.54, 1.807) is 0 Å². The van der Waals surface area contributed by atoms with E-state index in [4.69, 9.17) is 11.5 Å². The van der Waals surface area contributed by atoms with Gasteiger partial charge < -0.3 is 21.7 Å². The Morgan fingerprint density at radius 1 is 1.05 bits per heavy atom. The fourth-order valence-electron chi connectivity index (χ4n) is 5.37. The number of aromatic nitrogens is 4. The number of anilines is 3. The highest BCUT2D eigenvalue weighted by Crippen LogP contribution is 2.38. The molecule has 2 fully saturated rings. The number of amides is 1. The van der Waals surface area contributed by atoms with Crippen LogP contribution >= 0.6 is 0 Å². The molecule has 1 saturated carbocycles. The van der Waals surface area contributed by atoms with E-state index in [2.05, 4.69) is 25.5 Å². The lowest BCUT2D eigenvalue weighted by molar-refractivity contribution is -0.156. The molecule has 1 aromatic carbocycles. The molecule has 3 aromatic rings. The van der Waals surface area contributed by atoms with Crippen LogP contribution in [0, 0.1) is 11.7 Å². The summed E-state index contributed by atoms with van der Waals surface area (Å²) in [7, 11) is 0. The Labute approximate surface area is 210 Å². The number of nitrogens with one attached hydrogen (secondary N) is 2. The second kappa shape index (κ2) is 9.67. The largest absolute Gasteiger partial charge is 0.408 e. The molecule has 0 radical (unpaired) electrons. The smallest absolute Gasteiger partial charge is 0.382 e. The van der Waals surface area contributed by atoms with Gasteiger partial charge in [-0.05, 0) is 37.8 Å². The second-order valence-corrected chi connectivity index (χ2v) is 9.79. The topological polar surface area (TPSA) is 139 Å². The van der Waals surface area contributed by atoms with Crippen molar-refractivity contribution in [1.29, 1.82) is 0 Å². The monoisotopic (exact) mass is 520 g/mol. The quantitative estimate of drug-likeness (QED) is 0.383. The lowest BCUT2D eigenvalue weighted by Crippen LogP contribution is -2.55. The number of carbonyl (C=O) groups is 1. The van der Waals surface area contributed by atoms with Crippen LogP contribution in [0.25, 0.3) is 22.2 Å².